The average molecular weight is 417 g/mol. The van der Waals surface area contributed by atoms with E-state index in [1.807, 2.05) is 73.7 Å². The number of amides is 1. The highest BCUT2D eigenvalue weighted by molar-refractivity contribution is 5.97. The number of ether oxygens (including phenoxy) is 4. The molecule has 0 saturated carbocycles. The smallest absolute Gasteiger partial charge is 0.271 e. The SMILES string of the molecule is Cc1ccccc1N(Cc1ccc2c(c1)OCCO2)C(=O)[C@@H]1COc2ccccc2O1. The normalized spacial score (nSPS) is 16.5. The van der Waals surface area contributed by atoms with E-state index in [2.05, 4.69) is 0 Å². The molecular weight excluding hydrogens is 394 g/mol. The van der Waals surface area contributed by atoms with E-state index >= 15 is 0 Å². The van der Waals surface area contributed by atoms with Crippen LogP contribution in [0.15, 0.2) is 66.7 Å². The second-order valence-electron chi connectivity index (χ2n) is 7.55. The van der Waals surface area contributed by atoms with Crippen LogP contribution < -0.4 is 23.8 Å². The first kappa shape index (κ1) is 19.3. The first-order valence-electron chi connectivity index (χ1n) is 10.3. The lowest BCUT2D eigenvalue weighted by molar-refractivity contribution is -0.127. The van der Waals surface area contributed by atoms with Crippen LogP contribution >= 0.6 is 0 Å². The molecule has 6 nitrogen and oxygen atoms in total. The Morgan fingerprint density at radius 3 is 2.42 bits per heavy atom. The number of carbonyl (C=O) groups excluding carboxylic acids is 1. The van der Waals surface area contributed by atoms with Crippen molar-refractivity contribution < 1.29 is 23.7 Å². The minimum atomic E-state index is -0.730. The zero-order valence-corrected chi connectivity index (χ0v) is 17.2. The minimum absolute atomic E-state index is 0.154. The number of aryl methyl sites for hydroxylation is 1. The molecule has 0 unspecified atom stereocenters. The molecule has 0 N–H and O–H groups in total. The van der Waals surface area contributed by atoms with Gasteiger partial charge in [0.15, 0.2) is 23.0 Å². The van der Waals surface area contributed by atoms with Gasteiger partial charge in [-0.15, -0.1) is 0 Å². The van der Waals surface area contributed by atoms with Crippen molar-refractivity contribution in [1.29, 1.82) is 0 Å². The lowest BCUT2D eigenvalue weighted by Crippen LogP contribution is -2.46. The second-order valence-corrected chi connectivity index (χ2v) is 7.55. The molecule has 2 heterocycles. The van der Waals surface area contributed by atoms with Gasteiger partial charge < -0.3 is 23.8 Å². The van der Waals surface area contributed by atoms with Crippen LogP contribution in [0.25, 0.3) is 0 Å². The zero-order valence-electron chi connectivity index (χ0n) is 17.2. The summed E-state index contributed by atoms with van der Waals surface area (Å²) in [6, 6.07) is 21.0. The summed E-state index contributed by atoms with van der Waals surface area (Å²) in [6.07, 6.45) is -0.730. The molecule has 1 amide bonds. The summed E-state index contributed by atoms with van der Waals surface area (Å²) >= 11 is 0. The number of hydrogen-bond acceptors (Lipinski definition) is 5. The Balaban J connectivity index is 1.45. The van der Waals surface area contributed by atoms with Crippen molar-refractivity contribution in [3.8, 4) is 23.0 Å². The highest BCUT2D eigenvalue weighted by Gasteiger charge is 2.32. The van der Waals surface area contributed by atoms with Gasteiger partial charge in [0.25, 0.3) is 5.91 Å². The molecule has 1 atom stereocenters. The van der Waals surface area contributed by atoms with Crippen LogP contribution in [0.1, 0.15) is 11.1 Å². The molecule has 0 aromatic heterocycles. The fourth-order valence-electron chi connectivity index (χ4n) is 3.83. The molecule has 3 aromatic carbocycles. The van der Waals surface area contributed by atoms with Gasteiger partial charge in [-0.3, -0.25) is 4.79 Å². The Bertz CT molecular complexity index is 1110. The summed E-state index contributed by atoms with van der Waals surface area (Å²) in [5.41, 5.74) is 2.79. The third-order valence-corrected chi connectivity index (χ3v) is 5.40. The summed E-state index contributed by atoms with van der Waals surface area (Å²) in [6.45, 7) is 3.60. The molecule has 3 aromatic rings. The second kappa shape index (κ2) is 8.22. The number of carbonyl (C=O) groups is 1. The monoisotopic (exact) mass is 417 g/mol. The molecule has 0 saturated heterocycles. The van der Waals surface area contributed by atoms with Crippen molar-refractivity contribution >= 4 is 11.6 Å². The summed E-state index contributed by atoms with van der Waals surface area (Å²) in [5, 5.41) is 0. The molecule has 2 aliphatic rings. The van der Waals surface area contributed by atoms with Crippen molar-refractivity contribution in [2.24, 2.45) is 0 Å². The maximum absolute atomic E-state index is 13.6. The number of para-hydroxylation sites is 3. The number of benzene rings is 3. The van der Waals surface area contributed by atoms with E-state index in [-0.39, 0.29) is 12.5 Å². The van der Waals surface area contributed by atoms with E-state index in [1.54, 1.807) is 4.90 Å². The van der Waals surface area contributed by atoms with E-state index in [0.29, 0.717) is 37.0 Å². The van der Waals surface area contributed by atoms with Crippen LogP contribution in [-0.2, 0) is 11.3 Å². The topological polar surface area (TPSA) is 57.2 Å². The standard InChI is InChI=1S/C25H23NO5/c1-17-6-2-3-7-19(17)26(15-18-10-11-21-23(14-18)29-13-12-28-21)25(27)24-16-30-20-8-4-5-9-22(20)31-24/h2-11,14,24H,12-13,15-16H2,1H3/t24-/m0/s1. The van der Waals surface area contributed by atoms with Gasteiger partial charge in [-0.2, -0.15) is 0 Å². The van der Waals surface area contributed by atoms with Gasteiger partial charge >= 0.3 is 0 Å². The first-order valence-corrected chi connectivity index (χ1v) is 10.3. The highest BCUT2D eigenvalue weighted by atomic mass is 16.6. The first-order chi connectivity index (χ1) is 15.2. The Labute approximate surface area is 180 Å². The highest BCUT2D eigenvalue weighted by Crippen LogP contribution is 2.34. The predicted octanol–water partition coefficient (Wildman–Crippen LogP) is 4.14. The Morgan fingerprint density at radius 1 is 0.871 bits per heavy atom. The number of fused-ring (bicyclic) bond motifs is 2. The number of rotatable bonds is 4. The van der Waals surface area contributed by atoms with E-state index in [0.717, 1.165) is 22.6 Å². The molecule has 31 heavy (non-hydrogen) atoms. The molecule has 0 radical (unpaired) electrons. The van der Waals surface area contributed by atoms with Crippen molar-refractivity contribution in [2.75, 3.05) is 24.7 Å². The fraction of sp³-hybridized carbons (Fsp3) is 0.240. The van der Waals surface area contributed by atoms with Crippen LogP contribution in [0.2, 0.25) is 0 Å². The maximum Gasteiger partial charge on any atom is 0.271 e. The third-order valence-electron chi connectivity index (χ3n) is 5.40. The van der Waals surface area contributed by atoms with Gasteiger partial charge in [-0.25, -0.2) is 0 Å². The van der Waals surface area contributed by atoms with Gasteiger partial charge in [0.2, 0.25) is 6.10 Å². The Morgan fingerprint density at radius 2 is 1.58 bits per heavy atom. The molecule has 2 aliphatic heterocycles. The molecule has 0 aliphatic carbocycles. The van der Waals surface area contributed by atoms with Crippen molar-refractivity contribution in [3.63, 3.8) is 0 Å². The maximum atomic E-state index is 13.6. The largest absolute Gasteiger partial charge is 0.486 e. The van der Waals surface area contributed by atoms with Crippen molar-refractivity contribution in [1.82, 2.24) is 0 Å². The minimum Gasteiger partial charge on any atom is -0.486 e. The van der Waals surface area contributed by atoms with E-state index in [4.69, 9.17) is 18.9 Å². The zero-order chi connectivity index (χ0) is 21.2. The molecule has 5 rings (SSSR count). The van der Waals surface area contributed by atoms with Crippen LogP contribution in [0, 0.1) is 6.92 Å². The van der Waals surface area contributed by atoms with Gasteiger partial charge in [0.1, 0.15) is 19.8 Å². The molecule has 158 valence electrons. The summed E-state index contributed by atoms with van der Waals surface area (Å²) in [5.74, 6) is 2.51. The Kier molecular flexibility index (Phi) is 5.12. The lowest BCUT2D eigenvalue weighted by atomic mass is 10.1. The lowest BCUT2D eigenvalue weighted by Gasteiger charge is -2.32. The van der Waals surface area contributed by atoms with Crippen LogP contribution in [0.4, 0.5) is 5.69 Å². The van der Waals surface area contributed by atoms with Gasteiger partial charge in [0.05, 0.1) is 6.54 Å². The van der Waals surface area contributed by atoms with E-state index in [9.17, 15) is 4.79 Å². The van der Waals surface area contributed by atoms with E-state index < -0.39 is 6.10 Å². The number of nitrogens with zero attached hydrogens (tertiary/aromatic N) is 1. The third kappa shape index (κ3) is 3.89. The van der Waals surface area contributed by atoms with E-state index in [1.165, 1.54) is 0 Å². The predicted molar refractivity (Wildman–Crippen MR) is 116 cm³/mol. The number of hydrogen-bond donors (Lipinski definition) is 0. The summed E-state index contributed by atoms with van der Waals surface area (Å²) in [7, 11) is 0. The summed E-state index contributed by atoms with van der Waals surface area (Å²) in [4.78, 5) is 15.4. The molecule has 0 spiro atoms. The molecule has 0 bridgehead atoms. The number of anilines is 1. The Hall–Kier alpha value is -3.67. The molecule has 6 heteroatoms. The van der Waals surface area contributed by atoms with Crippen LogP contribution in [0.3, 0.4) is 0 Å². The van der Waals surface area contributed by atoms with Gasteiger partial charge in [-0.05, 0) is 48.4 Å². The van der Waals surface area contributed by atoms with Crippen molar-refractivity contribution in [2.45, 2.75) is 19.6 Å². The average Bonchev–Trinajstić information content (AvgIpc) is 2.82. The van der Waals surface area contributed by atoms with Crippen molar-refractivity contribution in [3.05, 3.63) is 77.9 Å². The van der Waals surface area contributed by atoms with Crippen LogP contribution in [0.5, 0.6) is 23.0 Å². The quantitative estimate of drug-likeness (QED) is 0.639. The molecular formula is C25H23NO5. The van der Waals surface area contributed by atoms with Gasteiger partial charge in [-0.1, -0.05) is 36.4 Å². The summed E-state index contributed by atoms with van der Waals surface area (Å²) < 4.78 is 23.1. The fourth-order valence-corrected chi connectivity index (χ4v) is 3.83. The molecule has 0 fully saturated rings. The van der Waals surface area contributed by atoms with Crippen LogP contribution in [-0.4, -0.2) is 31.8 Å². The van der Waals surface area contributed by atoms with Gasteiger partial charge in [0, 0.05) is 5.69 Å².